The summed E-state index contributed by atoms with van der Waals surface area (Å²) in [4.78, 5) is 36.3. The van der Waals surface area contributed by atoms with Crippen molar-refractivity contribution in [2.24, 2.45) is 0 Å². The zero-order valence-corrected chi connectivity index (χ0v) is 17.4. The van der Waals surface area contributed by atoms with Crippen LogP contribution in [0, 0.1) is 0 Å². The Morgan fingerprint density at radius 1 is 1.19 bits per heavy atom. The molecule has 0 aromatic heterocycles. The standard InChI is InChI=1S/C20H29NO4Si/c1-20(2,3)26(4,5)21-16(12-18(21)23)11-17(22)13-19(24)25-14-15-9-7-6-8-10-15/h6-10,16H,11-14H2,1-5H3/t16-/m1/s1. The zero-order valence-electron chi connectivity index (χ0n) is 16.4. The molecule has 2 rings (SSSR count). The van der Waals surface area contributed by atoms with Gasteiger partial charge in [-0.05, 0) is 10.6 Å². The fourth-order valence-corrected chi connectivity index (χ4v) is 5.59. The Kier molecular flexibility index (Phi) is 6.06. The predicted octanol–water partition coefficient (Wildman–Crippen LogP) is 3.69. The van der Waals surface area contributed by atoms with Crippen LogP contribution in [-0.2, 0) is 25.7 Å². The molecule has 142 valence electrons. The van der Waals surface area contributed by atoms with Gasteiger partial charge in [0.15, 0.2) is 8.24 Å². The van der Waals surface area contributed by atoms with Gasteiger partial charge in [0.2, 0.25) is 5.91 Å². The number of hydrogen-bond donors (Lipinski definition) is 0. The lowest BCUT2D eigenvalue weighted by Gasteiger charge is -2.54. The number of carbonyl (C=O) groups excluding carboxylic acids is 3. The number of rotatable bonds is 7. The number of hydrogen-bond acceptors (Lipinski definition) is 4. The van der Waals surface area contributed by atoms with E-state index in [4.69, 9.17) is 4.74 Å². The molecule has 0 aliphatic carbocycles. The molecule has 6 heteroatoms. The number of nitrogens with zero attached hydrogens (tertiary/aromatic N) is 1. The van der Waals surface area contributed by atoms with Crippen LogP contribution in [0.4, 0.5) is 0 Å². The van der Waals surface area contributed by atoms with Crippen LogP contribution in [0.3, 0.4) is 0 Å². The summed E-state index contributed by atoms with van der Waals surface area (Å²) in [5.41, 5.74) is 0.891. The maximum atomic E-state index is 12.3. The van der Waals surface area contributed by atoms with Gasteiger partial charge in [-0.1, -0.05) is 64.2 Å². The van der Waals surface area contributed by atoms with E-state index in [9.17, 15) is 14.4 Å². The van der Waals surface area contributed by atoms with E-state index in [-0.39, 0.29) is 42.2 Å². The van der Waals surface area contributed by atoms with Gasteiger partial charge in [0.25, 0.3) is 0 Å². The molecule has 1 aromatic carbocycles. The largest absolute Gasteiger partial charge is 0.460 e. The molecule has 1 heterocycles. The van der Waals surface area contributed by atoms with Crippen molar-refractivity contribution in [3.8, 4) is 0 Å². The average molecular weight is 376 g/mol. The van der Waals surface area contributed by atoms with Crippen LogP contribution < -0.4 is 0 Å². The van der Waals surface area contributed by atoms with E-state index < -0.39 is 14.2 Å². The first kappa shape index (κ1) is 20.4. The third kappa shape index (κ3) is 4.61. The van der Waals surface area contributed by atoms with E-state index in [2.05, 4.69) is 33.9 Å². The van der Waals surface area contributed by atoms with Gasteiger partial charge in [0.1, 0.15) is 18.8 Å². The molecule has 1 atom stereocenters. The van der Waals surface area contributed by atoms with Gasteiger partial charge in [0, 0.05) is 18.9 Å². The second-order valence-corrected chi connectivity index (χ2v) is 13.6. The molecular weight excluding hydrogens is 346 g/mol. The van der Waals surface area contributed by atoms with Gasteiger partial charge in [-0.3, -0.25) is 14.4 Å². The Morgan fingerprint density at radius 3 is 2.35 bits per heavy atom. The second-order valence-electron chi connectivity index (χ2n) is 8.50. The number of Topliss-reactive ketones (excluding diaryl/α,β-unsaturated/α-hetero) is 1. The Bertz CT molecular complexity index is 679. The highest BCUT2D eigenvalue weighted by atomic mass is 28.3. The lowest BCUT2D eigenvalue weighted by molar-refractivity contribution is -0.147. The van der Waals surface area contributed by atoms with Crippen LogP contribution >= 0.6 is 0 Å². The summed E-state index contributed by atoms with van der Waals surface area (Å²) in [6.07, 6.45) is 0.402. The molecule has 26 heavy (non-hydrogen) atoms. The quantitative estimate of drug-likeness (QED) is 0.316. The van der Waals surface area contributed by atoms with Crippen LogP contribution in [0.5, 0.6) is 0 Å². The van der Waals surface area contributed by atoms with Gasteiger partial charge < -0.3 is 9.30 Å². The van der Waals surface area contributed by atoms with E-state index >= 15 is 0 Å². The van der Waals surface area contributed by atoms with Crippen LogP contribution in [0.15, 0.2) is 30.3 Å². The monoisotopic (exact) mass is 375 g/mol. The molecule has 5 nitrogen and oxygen atoms in total. The van der Waals surface area contributed by atoms with E-state index in [0.29, 0.717) is 6.42 Å². The summed E-state index contributed by atoms with van der Waals surface area (Å²) < 4.78 is 7.11. The van der Waals surface area contributed by atoms with Crippen LogP contribution in [0.25, 0.3) is 0 Å². The first-order chi connectivity index (χ1) is 12.0. The fourth-order valence-electron chi connectivity index (χ4n) is 3.06. The molecule has 1 aliphatic heterocycles. The fraction of sp³-hybridized carbons (Fsp3) is 0.550. The molecule has 1 aromatic rings. The lowest BCUT2D eigenvalue weighted by Crippen LogP contribution is -2.68. The zero-order chi connectivity index (χ0) is 19.5. The summed E-state index contributed by atoms with van der Waals surface area (Å²) in [7, 11) is -2.00. The predicted molar refractivity (Wildman–Crippen MR) is 103 cm³/mol. The van der Waals surface area contributed by atoms with Crippen molar-refractivity contribution in [1.82, 2.24) is 4.57 Å². The smallest absolute Gasteiger partial charge is 0.313 e. The molecular formula is C20H29NO4Si. The summed E-state index contributed by atoms with van der Waals surface area (Å²) in [5.74, 6) is -0.548. The minimum absolute atomic E-state index is 0.0268. The molecule has 1 aliphatic rings. The number of benzene rings is 1. The minimum Gasteiger partial charge on any atom is -0.460 e. The van der Waals surface area contributed by atoms with Crippen LogP contribution in [0.1, 0.15) is 45.6 Å². The number of carbonyl (C=O) groups is 3. The number of ether oxygens (including phenoxy) is 1. The number of β-lactam (4-membered cyclic amide) rings is 1. The average Bonchev–Trinajstić information content (AvgIpc) is 2.51. The topological polar surface area (TPSA) is 63.7 Å². The first-order valence-corrected chi connectivity index (χ1v) is 12.0. The Morgan fingerprint density at radius 2 is 1.81 bits per heavy atom. The molecule has 0 unspecified atom stereocenters. The van der Waals surface area contributed by atoms with Crippen LogP contribution in [-0.4, -0.2) is 36.5 Å². The highest BCUT2D eigenvalue weighted by molar-refractivity contribution is 6.80. The number of esters is 1. The Labute approximate surface area is 156 Å². The van der Waals surface area contributed by atoms with Crippen molar-refractivity contribution in [3.05, 3.63) is 35.9 Å². The molecule has 0 saturated carbocycles. The van der Waals surface area contributed by atoms with Crippen molar-refractivity contribution in [2.45, 2.75) is 70.8 Å². The maximum Gasteiger partial charge on any atom is 0.313 e. The van der Waals surface area contributed by atoms with E-state index in [1.54, 1.807) is 0 Å². The molecule has 1 fully saturated rings. The number of ketones is 1. The van der Waals surface area contributed by atoms with E-state index in [1.165, 1.54) is 0 Å². The molecule has 0 radical (unpaired) electrons. The summed E-state index contributed by atoms with van der Waals surface area (Å²) in [6, 6.07) is 9.30. The minimum atomic E-state index is -2.00. The van der Waals surface area contributed by atoms with Gasteiger partial charge in [0.05, 0.1) is 0 Å². The van der Waals surface area contributed by atoms with Crippen molar-refractivity contribution in [2.75, 3.05) is 0 Å². The Balaban J connectivity index is 1.85. The van der Waals surface area contributed by atoms with Crippen molar-refractivity contribution >= 4 is 25.9 Å². The van der Waals surface area contributed by atoms with Gasteiger partial charge in [-0.25, -0.2) is 0 Å². The second kappa shape index (κ2) is 7.74. The summed E-state index contributed by atoms with van der Waals surface area (Å²) in [6.45, 7) is 10.9. The van der Waals surface area contributed by atoms with Crippen molar-refractivity contribution < 1.29 is 19.1 Å². The van der Waals surface area contributed by atoms with Gasteiger partial charge >= 0.3 is 5.97 Å². The van der Waals surface area contributed by atoms with E-state index in [1.807, 2.05) is 34.9 Å². The first-order valence-electron chi connectivity index (χ1n) is 9.06. The molecule has 1 saturated heterocycles. The van der Waals surface area contributed by atoms with Gasteiger partial charge in [-0.2, -0.15) is 0 Å². The van der Waals surface area contributed by atoms with Gasteiger partial charge in [-0.15, -0.1) is 0 Å². The maximum absolute atomic E-state index is 12.3. The normalized spacial score (nSPS) is 17.7. The molecule has 0 spiro atoms. The van der Waals surface area contributed by atoms with E-state index in [0.717, 1.165) is 5.56 Å². The number of amides is 1. The third-order valence-corrected chi connectivity index (χ3v) is 11.0. The summed E-state index contributed by atoms with van der Waals surface area (Å²) in [5, 5.41) is 0.0268. The SMILES string of the molecule is CC(C)(C)[Si](C)(C)N1C(=O)C[C@H]1CC(=O)CC(=O)OCc1ccccc1. The molecule has 0 N–H and O–H groups in total. The molecule has 0 bridgehead atoms. The van der Waals surface area contributed by atoms with Crippen LogP contribution in [0.2, 0.25) is 18.1 Å². The highest BCUT2D eigenvalue weighted by Crippen LogP contribution is 2.43. The van der Waals surface area contributed by atoms with Crippen molar-refractivity contribution in [3.63, 3.8) is 0 Å². The highest BCUT2D eigenvalue weighted by Gasteiger charge is 2.51. The third-order valence-electron chi connectivity index (χ3n) is 5.53. The Hall–Kier alpha value is -1.95. The van der Waals surface area contributed by atoms with Crippen molar-refractivity contribution in [1.29, 1.82) is 0 Å². The lowest BCUT2D eigenvalue weighted by atomic mass is 9.99. The summed E-state index contributed by atoms with van der Waals surface area (Å²) >= 11 is 0. The molecule has 1 amide bonds.